The Kier molecular flexibility index (Phi) is 4.55. The molecule has 1 atom stereocenters. The summed E-state index contributed by atoms with van der Waals surface area (Å²) >= 11 is 0. The number of hydrogen-bond acceptors (Lipinski definition) is 5. The van der Waals surface area contributed by atoms with Gasteiger partial charge in [-0.15, -0.1) is 0 Å². The Morgan fingerprint density at radius 3 is 2.23 bits per heavy atom. The molecule has 0 spiro atoms. The first-order valence-corrected chi connectivity index (χ1v) is 6.88. The zero-order chi connectivity index (χ0) is 16.3. The second-order valence-electron chi connectivity index (χ2n) is 4.77. The molecule has 1 aromatic rings. The molecule has 0 radical (unpaired) electrons. The molecule has 0 bridgehead atoms. The van der Waals surface area contributed by atoms with Gasteiger partial charge in [0, 0.05) is 6.54 Å². The van der Waals surface area contributed by atoms with Crippen LogP contribution in [0, 0.1) is 0 Å². The second kappa shape index (κ2) is 6.38. The molecule has 3 amide bonds. The maximum Gasteiger partial charge on any atom is 0.326 e. The number of amides is 3. The van der Waals surface area contributed by atoms with Crippen molar-refractivity contribution in [3.8, 4) is 0 Å². The van der Waals surface area contributed by atoms with Crippen LogP contribution in [0.2, 0.25) is 0 Å². The minimum atomic E-state index is -0.984. The van der Waals surface area contributed by atoms with Gasteiger partial charge in [-0.05, 0) is 26.0 Å². The molecule has 1 aromatic carbocycles. The van der Waals surface area contributed by atoms with E-state index in [2.05, 4.69) is 5.32 Å². The smallest absolute Gasteiger partial charge is 0.326 e. The summed E-state index contributed by atoms with van der Waals surface area (Å²) in [5, 5.41) is 2.51. The summed E-state index contributed by atoms with van der Waals surface area (Å²) in [5.41, 5.74) is 0.522. The molecule has 7 heteroatoms. The van der Waals surface area contributed by atoms with E-state index in [1.54, 1.807) is 19.1 Å². The standard InChI is InChI=1S/C15H16N2O5/c1-3-16-13(19)9(2)22-12(18)8-17-14(20)10-6-4-5-7-11(10)15(17)21/h4-7,9H,3,8H2,1-2H3,(H,16,19)/t9-/m0/s1. The summed E-state index contributed by atoms with van der Waals surface area (Å²) in [7, 11) is 0. The van der Waals surface area contributed by atoms with E-state index in [4.69, 9.17) is 4.74 Å². The molecule has 2 rings (SSSR count). The highest BCUT2D eigenvalue weighted by Crippen LogP contribution is 2.22. The van der Waals surface area contributed by atoms with Crippen LogP contribution in [0.5, 0.6) is 0 Å². The minimum absolute atomic E-state index is 0.261. The molecule has 116 valence electrons. The maximum atomic E-state index is 12.1. The topological polar surface area (TPSA) is 92.8 Å². The summed E-state index contributed by atoms with van der Waals surface area (Å²) < 4.78 is 4.93. The zero-order valence-electron chi connectivity index (χ0n) is 12.3. The Hall–Kier alpha value is -2.70. The van der Waals surface area contributed by atoms with Crippen LogP contribution in [0.1, 0.15) is 34.6 Å². The molecule has 1 N–H and O–H groups in total. The van der Waals surface area contributed by atoms with E-state index in [1.165, 1.54) is 19.1 Å². The molecule has 7 nitrogen and oxygen atoms in total. The molecule has 22 heavy (non-hydrogen) atoms. The molecule has 1 heterocycles. The van der Waals surface area contributed by atoms with Crippen LogP contribution in [0.3, 0.4) is 0 Å². The summed E-state index contributed by atoms with van der Waals surface area (Å²) in [6.45, 7) is 3.06. The first-order chi connectivity index (χ1) is 10.5. The highest BCUT2D eigenvalue weighted by Gasteiger charge is 2.37. The summed E-state index contributed by atoms with van der Waals surface area (Å²) in [6.07, 6.45) is -0.984. The fraction of sp³-hybridized carbons (Fsp3) is 0.333. The van der Waals surface area contributed by atoms with Crippen molar-refractivity contribution in [1.29, 1.82) is 0 Å². The lowest BCUT2D eigenvalue weighted by Gasteiger charge is -2.16. The summed E-state index contributed by atoms with van der Waals surface area (Å²) in [5.74, 6) is -2.32. The minimum Gasteiger partial charge on any atom is -0.451 e. The lowest BCUT2D eigenvalue weighted by atomic mass is 10.1. The molecule has 1 aliphatic rings. The number of nitrogens with zero attached hydrogens (tertiary/aromatic N) is 1. The van der Waals surface area contributed by atoms with Crippen LogP contribution in [-0.2, 0) is 14.3 Å². The Morgan fingerprint density at radius 2 is 1.73 bits per heavy atom. The predicted molar refractivity (Wildman–Crippen MR) is 76.0 cm³/mol. The van der Waals surface area contributed by atoms with Crippen molar-refractivity contribution in [3.05, 3.63) is 35.4 Å². The number of carbonyl (C=O) groups is 4. The molecule has 0 aromatic heterocycles. The lowest BCUT2D eigenvalue weighted by molar-refractivity contribution is -0.154. The highest BCUT2D eigenvalue weighted by atomic mass is 16.5. The molecular weight excluding hydrogens is 288 g/mol. The van der Waals surface area contributed by atoms with Gasteiger partial charge in [0.2, 0.25) is 0 Å². The van der Waals surface area contributed by atoms with E-state index in [1.807, 2.05) is 0 Å². The molecule has 0 aliphatic carbocycles. The molecule has 1 aliphatic heterocycles. The van der Waals surface area contributed by atoms with Crippen molar-refractivity contribution >= 4 is 23.7 Å². The van der Waals surface area contributed by atoms with E-state index in [0.29, 0.717) is 6.54 Å². The number of carbonyl (C=O) groups excluding carboxylic acids is 4. The Labute approximate surface area is 127 Å². The average molecular weight is 304 g/mol. The Bertz CT molecular complexity index is 606. The fourth-order valence-corrected chi connectivity index (χ4v) is 2.12. The average Bonchev–Trinajstić information content (AvgIpc) is 2.73. The van der Waals surface area contributed by atoms with E-state index in [9.17, 15) is 19.2 Å². The molecule has 0 saturated heterocycles. The number of likely N-dealkylation sites (N-methyl/N-ethyl adjacent to an activating group) is 1. The van der Waals surface area contributed by atoms with Gasteiger partial charge in [-0.25, -0.2) is 0 Å². The van der Waals surface area contributed by atoms with E-state index in [0.717, 1.165) is 4.90 Å². The van der Waals surface area contributed by atoms with Gasteiger partial charge in [0.15, 0.2) is 6.10 Å². The number of fused-ring (bicyclic) bond motifs is 1. The second-order valence-corrected chi connectivity index (χ2v) is 4.77. The third kappa shape index (κ3) is 2.98. The normalized spacial score (nSPS) is 14.5. The van der Waals surface area contributed by atoms with Gasteiger partial charge in [0.05, 0.1) is 11.1 Å². The van der Waals surface area contributed by atoms with E-state index in [-0.39, 0.29) is 11.1 Å². The van der Waals surface area contributed by atoms with Crippen molar-refractivity contribution in [2.45, 2.75) is 20.0 Å². The molecule has 0 fully saturated rings. The maximum absolute atomic E-state index is 12.1. The van der Waals surface area contributed by atoms with E-state index >= 15 is 0 Å². The van der Waals surface area contributed by atoms with E-state index < -0.39 is 36.3 Å². The van der Waals surface area contributed by atoms with Gasteiger partial charge >= 0.3 is 5.97 Å². The Balaban J connectivity index is 2.00. The van der Waals surface area contributed by atoms with Crippen LogP contribution in [0.15, 0.2) is 24.3 Å². The number of nitrogens with one attached hydrogen (secondary N) is 1. The van der Waals surface area contributed by atoms with Gasteiger partial charge in [-0.2, -0.15) is 0 Å². The van der Waals surface area contributed by atoms with Crippen molar-refractivity contribution in [3.63, 3.8) is 0 Å². The van der Waals surface area contributed by atoms with Gasteiger partial charge < -0.3 is 10.1 Å². The van der Waals surface area contributed by atoms with Crippen molar-refractivity contribution in [2.24, 2.45) is 0 Å². The number of rotatable bonds is 5. The van der Waals surface area contributed by atoms with Crippen molar-refractivity contribution in [2.75, 3.05) is 13.1 Å². The summed E-state index contributed by atoms with van der Waals surface area (Å²) in [4.78, 5) is 48.3. The largest absolute Gasteiger partial charge is 0.451 e. The van der Waals surface area contributed by atoms with Gasteiger partial charge in [-0.3, -0.25) is 24.1 Å². The third-order valence-electron chi connectivity index (χ3n) is 3.19. The van der Waals surface area contributed by atoms with Crippen molar-refractivity contribution in [1.82, 2.24) is 10.2 Å². The predicted octanol–water partition coefficient (Wildman–Crippen LogP) is 0.350. The molecule has 0 saturated carbocycles. The van der Waals surface area contributed by atoms with Crippen LogP contribution in [-0.4, -0.2) is 47.8 Å². The third-order valence-corrected chi connectivity index (χ3v) is 3.19. The van der Waals surface area contributed by atoms with Crippen molar-refractivity contribution < 1.29 is 23.9 Å². The first kappa shape index (κ1) is 15.7. The van der Waals surface area contributed by atoms with Crippen LogP contribution in [0.25, 0.3) is 0 Å². The lowest BCUT2D eigenvalue weighted by Crippen LogP contribution is -2.40. The number of hydrogen-bond donors (Lipinski definition) is 1. The zero-order valence-corrected chi connectivity index (χ0v) is 12.3. The highest BCUT2D eigenvalue weighted by molar-refractivity contribution is 6.22. The monoisotopic (exact) mass is 304 g/mol. The molecule has 0 unspecified atom stereocenters. The first-order valence-electron chi connectivity index (χ1n) is 6.88. The fourth-order valence-electron chi connectivity index (χ4n) is 2.12. The van der Waals surface area contributed by atoms with Gasteiger partial charge in [0.25, 0.3) is 17.7 Å². The van der Waals surface area contributed by atoms with Crippen LogP contribution in [0.4, 0.5) is 0 Å². The number of esters is 1. The SMILES string of the molecule is CCNC(=O)[C@H](C)OC(=O)CN1C(=O)c2ccccc2C1=O. The molecular formula is C15H16N2O5. The van der Waals surface area contributed by atoms with Gasteiger partial charge in [-0.1, -0.05) is 12.1 Å². The number of imide groups is 1. The van der Waals surface area contributed by atoms with Crippen LogP contribution >= 0.6 is 0 Å². The summed E-state index contributed by atoms with van der Waals surface area (Å²) in [6, 6.07) is 6.34. The number of benzene rings is 1. The number of ether oxygens (including phenoxy) is 1. The quantitative estimate of drug-likeness (QED) is 0.626. The van der Waals surface area contributed by atoms with Crippen LogP contribution < -0.4 is 5.32 Å². The van der Waals surface area contributed by atoms with Gasteiger partial charge in [0.1, 0.15) is 6.54 Å². The Morgan fingerprint density at radius 1 is 1.18 bits per heavy atom.